The summed E-state index contributed by atoms with van der Waals surface area (Å²) in [5.74, 6) is -2.83. The maximum atomic E-state index is 13.8. The van der Waals surface area contributed by atoms with Crippen molar-refractivity contribution in [1.82, 2.24) is 24.7 Å². The Kier molecular flexibility index (Phi) is 4.17. The van der Waals surface area contributed by atoms with Crippen molar-refractivity contribution >= 4 is 28.4 Å². The van der Waals surface area contributed by atoms with Crippen LogP contribution in [0.3, 0.4) is 0 Å². The van der Waals surface area contributed by atoms with Crippen LogP contribution in [0.1, 0.15) is 26.1 Å². The molecule has 1 amide bonds. The molecule has 3 fully saturated rings. The van der Waals surface area contributed by atoms with Gasteiger partial charge in [-0.25, -0.2) is 19.6 Å². The Labute approximate surface area is 170 Å². The first-order valence-corrected chi connectivity index (χ1v) is 9.56. The Balaban J connectivity index is 1.65. The standard InChI is InChI=1S/C19H19F2N7O2/c1-10(29)24-15-6-14-13(7-23-15)17(27-8-11-5-12(9-27)30-11)26-28(14)16-3-4-22-18(25-16)19(2,20)21/h3-4,6-7,11-12H,5,8-9H2,1-2H3,(H,23,24,29). The highest BCUT2D eigenvalue weighted by Crippen LogP contribution is 2.35. The molecule has 0 saturated carbocycles. The molecule has 156 valence electrons. The average molecular weight is 415 g/mol. The molecule has 9 nitrogen and oxygen atoms in total. The normalized spacial score (nSPS) is 20.9. The highest BCUT2D eigenvalue weighted by molar-refractivity contribution is 5.95. The van der Waals surface area contributed by atoms with E-state index in [1.165, 1.54) is 23.9 Å². The van der Waals surface area contributed by atoms with Gasteiger partial charge >= 0.3 is 5.92 Å². The number of nitrogens with zero attached hydrogens (tertiary/aromatic N) is 6. The molecule has 6 heterocycles. The summed E-state index contributed by atoms with van der Waals surface area (Å²) in [5.41, 5.74) is 0.591. The van der Waals surface area contributed by atoms with Gasteiger partial charge in [-0.3, -0.25) is 4.79 Å². The van der Waals surface area contributed by atoms with Crippen LogP contribution in [0.2, 0.25) is 0 Å². The van der Waals surface area contributed by atoms with E-state index in [0.29, 0.717) is 30.2 Å². The second-order valence-corrected chi connectivity index (χ2v) is 7.65. The molecule has 11 heteroatoms. The lowest BCUT2D eigenvalue weighted by molar-refractivity contribution is -0.133. The third kappa shape index (κ3) is 3.24. The number of nitrogens with one attached hydrogen (secondary N) is 1. The first-order valence-electron chi connectivity index (χ1n) is 9.56. The fraction of sp³-hybridized carbons (Fsp3) is 0.421. The first kappa shape index (κ1) is 18.8. The van der Waals surface area contributed by atoms with E-state index < -0.39 is 11.7 Å². The van der Waals surface area contributed by atoms with Crippen LogP contribution in [0.5, 0.6) is 0 Å². The molecule has 2 atom stereocenters. The van der Waals surface area contributed by atoms with Gasteiger partial charge in [0, 0.05) is 57.9 Å². The molecule has 2 bridgehead atoms. The van der Waals surface area contributed by atoms with Crippen LogP contribution < -0.4 is 10.2 Å². The van der Waals surface area contributed by atoms with Crippen LogP contribution in [0, 0.1) is 0 Å². The number of hydrogen-bond acceptors (Lipinski definition) is 7. The van der Waals surface area contributed by atoms with Crippen LogP contribution in [-0.2, 0) is 15.5 Å². The Bertz CT molecular complexity index is 1130. The minimum Gasteiger partial charge on any atom is -0.371 e. The number of amides is 1. The molecule has 3 aromatic heterocycles. The van der Waals surface area contributed by atoms with Crippen LogP contribution in [0.25, 0.3) is 16.7 Å². The maximum absolute atomic E-state index is 13.8. The minimum atomic E-state index is -3.18. The zero-order valence-corrected chi connectivity index (χ0v) is 16.3. The third-order valence-corrected chi connectivity index (χ3v) is 5.16. The van der Waals surface area contributed by atoms with E-state index in [1.54, 1.807) is 12.3 Å². The summed E-state index contributed by atoms with van der Waals surface area (Å²) in [5, 5.41) is 8.05. The Hall–Kier alpha value is -3.21. The molecule has 1 N–H and O–H groups in total. The van der Waals surface area contributed by atoms with E-state index in [1.807, 2.05) is 0 Å². The molecular formula is C19H19F2N7O2. The number of piperidine rings is 1. The van der Waals surface area contributed by atoms with E-state index >= 15 is 0 Å². The van der Waals surface area contributed by atoms with Gasteiger partial charge in [-0.05, 0) is 0 Å². The molecule has 3 aliphatic heterocycles. The number of halogens is 2. The van der Waals surface area contributed by atoms with Gasteiger partial charge in [-0.2, -0.15) is 8.78 Å². The number of anilines is 2. The number of ether oxygens (including phenoxy) is 1. The molecule has 2 unspecified atom stereocenters. The predicted molar refractivity (Wildman–Crippen MR) is 104 cm³/mol. The molecule has 0 spiro atoms. The van der Waals surface area contributed by atoms with Crippen LogP contribution in [0.15, 0.2) is 24.5 Å². The number of pyridine rings is 1. The van der Waals surface area contributed by atoms with Gasteiger partial charge in [0.1, 0.15) is 5.82 Å². The monoisotopic (exact) mass is 415 g/mol. The molecule has 30 heavy (non-hydrogen) atoms. The smallest absolute Gasteiger partial charge is 0.303 e. The molecule has 6 rings (SSSR count). The lowest BCUT2D eigenvalue weighted by Crippen LogP contribution is -2.57. The van der Waals surface area contributed by atoms with Gasteiger partial charge in [0.2, 0.25) is 11.7 Å². The fourth-order valence-electron chi connectivity index (χ4n) is 3.86. The number of rotatable bonds is 4. The molecule has 0 radical (unpaired) electrons. The highest BCUT2D eigenvalue weighted by atomic mass is 19.3. The molecule has 0 aromatic carbocycles. The van der Waals surface area contributed by atoms with Crippen molar-refractivity contribution in [2.24, 2.45) is 0 Å². The van der Waals surface area contributed by atoms with Crippen molar-refractivity contribution in [3.63, 3.8) is 0 Å². The maximum Gasteiger partial charge on any atom is 0.303 e. The first-order chi connectivity index (χ1) is 14.3. The SMILES string of the molecule is CC(=O)Nc1cc2c(cn1)c(N1CC3CC(C1)O3)nn2-c1ccnc(C(C)(F)F)n1. The van der Waals surface area contributed by atoms with Gasteiger partial charge in [0.05, 0.1) is 23.1 Å². The van der Waals surface area contributed by atoms with Crippen molar-refractivity contribution in [3.8, 4) is 5.82 Å². The Morgan fingerprint density at radius 2 is 2.03 bits per heavy atom. The quantitative estimate of drug-likeness (QED) is 0.698. The molecular weight excluding hydrogens is 396 g/mol. The second kappa shape index (κ2) is 6.66. The van der Waals surface area contributed by atoms with E-state index in [4.69, 9.17) is 4.74 Å². The summed E-state index contributed by atoms with van der Waals surface area (Å²) in [6, 6.07) is 3.17. The number of hydrogen-bond donors (Lipinski definition) is 1. The Morgan fingerprint density at radius 3 is 2.70 bits per heavy atom. The summed E-state index contributed by atoms with van der Waals surface area (Å²) in [7, 11) is 0. The summed E-state index contributed by atoms with van der Waals surface area (Å²) in [6.45, 7) is 3.52. The van der Waals surface area contributed by atoms with Crippen LogP contribution >= 0.6 is 0 Å². The van der Waals surface area contributed by atoms with Crippen molar-refractivity contribution in [3.05, 3.63) is 30.4 Å². The lowest BCUT2D eigenvalue weighted by atomic mass is 9.99. The lowest BCUT2D eigenvalue weighted by Gasteiger charge is -2.47. The largest absolute Gasteiger partial charge is 0.371 e. The zero-order valence-electron chi connectivity index (χ0n) is 16.3. The van der Waals surface area contributed by atoms with E-state index in [-0.39, 0.29) is 23.9 Å². The summed E-state index contributed by atoms with van der Waals surface area (Å²) >= 11 is 0. The van der Waals surface area contributed by atoms with Gasteiger partial charge in [0.15, 0.2) is 11.6 Å². The zero-order chi connectivity index (χ0) is 21.0. The average Bonchev–Trinajstić information content (AvgIpc) is 3.05. The van der Waals surface area contributed by atoms with Crippen molar-refractivity contribution in [2.45, 2.75) is 38.4 Å². The number of alkyl halides is 2. The molecule has 3 saturated heterocycles. The van der Waals surface area contributed by atoms with Gasteiger partial charge in [-0.1, -0.05) is 0 Å². The van der Waals surface area contributed by atoms with Crippen LogP contribution in [0.4, 0.5) is 20.4 Å². The van der Waals surface area contributed by atoms with Crippen molar-refractivity contribution < 1.29 is 18.3 Å². The molecule has 0 aliphatic carbocycles. The summed E-state index contributed by atoms with van der Waals surface area (Å²) < 4.78 is 34.7. The van der Waals surface area contributed by atoms with Gasteiger partial charge in [0.25, 0.3) is 0 Å². The highest BCUT2D eigenvalue weighted by Gasteiger charge is 2.40. The number of morpholine rings is 1. The number of fused-ring (bicyclic) bond motifs is 3. The second-order valence-electron chi connectivity index (χ2n) is 7.65. The van der Waals surface area contributed by atoms with Crippen molar-refractivity contribution in [2.75, 3.05) is 23.3 Å². The number of aromatic nitrogens is 5. The number of carbonyl (C=O) groups is 1. The third-order valence-electron chi connectivity index (χ3n) is 5.16. The van der Waals surface area contributed by atoms with Crippen LogP contribution in [-0.4, -0.2) is 55.9 Å². The van der Waals surface area contributed by atoms with E-state index in [2.05, 4.69) is 30.3 Å². The van der Waals surface area contributed by atoms with Gasteiger partial charge < -0.3 is 15.0 Å². The summed E-state index contributed by atoms with van der Waals surface area (Å²) in [6.07, 6.45) is 4.26. The molecule has 3 aliphatic rings. The minimum absolute atomic E-state index is 0.167. The van der Waals surface area contributed by atoms with E-state index in [9.17, 15) is 13.6 Å². The Morgan fingerprint density at radius 1 is 1.30 bits per heavy atom. The predicted octanol–water partition coefficient (Wildman–Crippen LogP) is 2.26. The fourth-order valence-corrected chi connectivity index (χ4v) is 3.86. The summed E-state index contributed by atoms with van der Waals surface area (Å²) in [4.78, 5) is 25.6. The van der Waals surface area contributed by atoms with E-state index in [0.717, 1.165) is 18.7 Å². The van der Waals surface area contributed by atoms with Crippen molar-refractivity contribution in [1.29, 1.82) is 0 Å². The van der Waals surface area contributed by atoms with Gasteiger partial charge in [-0.15, -0.1) is 5.10 Å². The molecule has 3 aromatic rings. The topological polar surface area (TPSA) is 98.1 Å². The number of carbonyl (C=O) groups excluding carboxylic acids is 1.